The summed E-state index contributed by atoms with van der Waals surface area (Å²) in [5.74, 6) is 0. The largest absolute Gasteiger partial charge is 0.383 e. The Balaban J connectivity index is 1.22. The van der Waals surface area contributed by atoms with E-state index >= 15 is 0 Å². The van der Waals surface area contributed by atoms with Crippen LogP contribution in [0.3, 0.4) is 0 Å². The van der Waals surface area contributed by atoms with Crippen LogP contribution in [0.1, 0.15) is 0 Å². The van der Waals surface area contributed by atoms with Gasteiger partial charge in [0.1, 0.15) is 0 Å². The summed E-state index contributed by atoms with van der Waals surface area (Å²) in [5, 5.41) is 12.8. The second kappa shape index (κ2) is 8.47. The zero-order valence-corrected chi connectivity index (χ0v) is 15.2. The van der Waals surface area contributed by atoms with Crippen LogP contribution in [0.5, 0.6) is 0 Å². The van der Waals surface area contributed by atoms with Crippen molar-refractivity contribution in [1.82, 2.24) is 15.3 Å². The number of para-hydroxylation sites is 2. The summed E-state index contributed by atoms with van der Waals surface area (Å²) in [5.41, 5.74) is 4.29. The maximum atomic E-state index is 4.39. The third kappa shape index (κ3) is 4.15. The van der Waals surface area contributed by atoms with Gasteiger partial charge in [-0.3, -0.25) is 9.97 Å². The van der Waals surface area contributed by atoms with Gasteiger partial charge < -0.3 is 16.0 Å². The standard InChI is InChI=1S/C22H23N5/c1-3-7-19-17(5-1)21(9-11-24-19)26-15-13-23-14-16-27-22-10-12-25-20-8-4-2-6-18(20)22/h1-12,23H,13-16H2,(H,24,26)(H,25,27). The Morgan fingerprint density at radius 2 is 1.04 bits per heavy atom. The maximum Gasteiger partial charge on any atom is 0.0722 e. The first-order chi connectivity index (χ1) is 13.4. The van der Waals surface area contributed by atoms with Gasteiger partial charge in [-0.25, -0.2) is 0 Å². The molecule has 0 atom stereocenters. The fourth-order valence-corrected chi connectivity index (χ4v) is 3.20. The molecule has 5 heteroatoms. The van der Waals surface area contributed by atoms with E-state index in [2.05, 4.69) is 38.1 Å². The lowest BCUT2D eigenvalue weighted by Crippen LogP contribution is -2.27. The predicted octanol–water partition coefficient (Wildman–Crippen LogP) is 3.90. The van der Waals surface area contributed by atoms with Crippen LogP contribution in [0.25, 0.3) is 21.8 Å². The van der Waals surface area contributed by atoms with E-state index in [1.54, 1.807) is 0 Å². The Morgan fingerprint density at radius 3 is 1.56 bits per heavy atom. The van der Waals surface area contributed by atoms with Crippen molar-refractivity contribution in [3.63, 3.8) is 0 Å². The minimum absolute atomic E-state index is 0.867. The minimum atomic E-state index is 0.867. The van der Waals surface area contributed by atoms with E-state index in [9.17, 15) is 0 Å². The summed E-state index contributed by atoms with van der Waals surface area (Å²) in [7, 11) is 0. The maximum absolute atomic E-state index is 4.39. The smallest absolute Gasteiger partial charge is 0.0722 e. The van der Waals surface area contributed by atoms with Crippen LogP contribution in [-0.4, -0.2) is 36.1 Å². The van der Waals surface area contributed by atoms with Crippen molar-refractivity contribution < 1.29 is 0 Å². The molecule has 0 bridgehead atoms. The van der Waals surface area contributed by atoms with Gasteiger partial charge in [-0.1, -0.05) is 36.4 Å². The van der Waals surface area contributed by atoms with Crippen LogP contribution in [0.4, 0.5) is 11.4 Å². The molecule has 3 N–H and O–H groups in total. The van der Waals surface area contributed by atoms with Crippen LogP contribution in [-0.2, 0) is 0 Å². The van der Waals surface area contributed by atoms with E-state index in [0.717, 1.165) is 59.4 Å². The Labute approximate surface area is 158 Å². The van der Waals surface area contributed by atoms with Gasteiger partial charge in [0, 0.05) is 60.7 Å². The van der Waals surface area contributed by atoms with Crippen LogP contribution in [0.2, 0.25) is 0 Å². The zero-order chi connectivity index (χ0) is 18.3. The van der Waals surface area contributed by atoms with Crippen molar-refractivity contribution >= 4 is 33.2 Å². The van der Waals surface area contributed by atoms with E-state index in [4.69, 9.17) is 0 Å². The van der Waals surface area contributed by atoms with Gasteiger partial charge in [-0.2, -0.15) is 0 Å². The summed E-state index contributed by atoms with van der Waals surface area (Å²) in [6.07, 6.45) is 3.70. The first-order valence-corrected chi connectivity index (χ1v) is 9.28. The lowest BCUT2D eigenvalue weighted by atomic mass is 10.2. The number of aromatic nitrogens is 2. The van der Waals surface area contributed by atoms with Gasteiger partial charge in [0.2, 0.25) is 0 Å². The normalized spacial score (nSPS) is 11.0. The highest BCUT2D eigenvalue weighted by Gasteiger charge is 2.01. The number of nitrogens with one attached hydrogen (secondary N) is 3. The van der Waals surface area contributed by atoms with Crippen molar-refractivity contribution in [3.05, 3.63) is 73.1 Å². The van der Waals surface area contributed by atoms with Crippen LogP contribution >= 0.6 is 0 Å². The minimum Gasteiger partial charge on any atom is -0.383 e. The molecule has 0 radical (unpaired) electrons. The molecule has 0 aliphatic rings. The van der Waals surface area contributed by atoms with Gasteiger partial charge in [0.15, 0.2) is 0 Å². The topological polar surface area (TPSA) is 61.9 Å². The third-order valence-corrected chi connectivity index (χ3v) is 4.53. The van der Waals surface area contributed by atoms with Crippen molar-refractivity contribution in [2.75, 3.05) is 36.8 Å². The van der Waals surface area contributed by atoms with Crippen LogP contribution in [0, 0.1) is 0 Å². The molecule has 0 aliphatic heterocycles. The van der Waals surface area contributed by atoms with Gasteiger partial charge in [-0.15, -0.1) is 0 Å². The molecule has 4 rings (SSSR count). The van der Waals surface area contributed by atoms with E-state index < -0.39 is 0 Å². The fourth-order valence-electron chi connectivity index (χ4n) is 3.20. The molecule has 0 spiro atoms. The Kier molecular flexibility index (Phi) is 5.41. The highest BCUT2D eigenvalue weighted by molar-refractivity contribution is 5.91. The Morgan fingerprint density at radius 1 is 0.556 bits per heavy atom. The molecule has 0 saturated carbocycles. The number of rotatable bonds is 8. The highest BCUT2D eigenvalue weighted by atomic mass is 15.0. The lowest BCUT2D eigenvalue weighted by Gasteiger charge is -2.12. The molecule has 27 heavy (non-hydrogen) atoms. The number of hydrogen-bond acceptors (Lipinski definition) is 5. The van der Waals surface area contributed by atoms with Crippen molar-refractivity contribution in [3.8, 4) is 0 Å². The molecule has 0 amide bonds. The summed E-state index contributed by atoms with van der Waals surface area (Å²) >= 11 is 0. The number of benzene rings is 2. The monoisotopic (exact) mass is 357 g/mol. The fraction of sp³-hybridized carbons (Fsp3) is 0.182. The van der Waals surface area contributed by atoms with Gasteiger partial charge >= 0.3 is 0 Å². The molecule has 2 heterocycles. The summed E-state index contributed by atoms with van der Waals surface area (Å²) in [6.45, 7) is 3.53. The molecule has 136 valence electrons. The summed E-state index contributed by atoms with van der Waals surface area (Å²) in [6, 6.07) is 20.4. The number of pyridine rings is 2. The molecule has 2 aromatic heterocycles. The zero-order valence-electron chi connectivity index (χ0n) is 15.2. The SMILES string of the molecule is c1ccc2c(NCCNCCNc3ccnc4ccccc34)ccnc2c1. The average Bonchev–Trinajstić information content (AvgIpc) is 2.73. The molecule has 2 aromatic carbocycles. The van der Waals surface area contributed by atoms with Gasteiger partial charge in [0.25, 0.3) is 0 Å². The van der Waals surface area contributed by atoms with Crippen LogP contribution < -0.4 is 16.0 Å². The third-order valence-electron chi connectivity index (χ3n) is 4.53. The number of nitrogens with zero attached hydrogens (tertiary/aromatic N) is 2. The lowest BCUT2D eigenvalue weighted by molar-refractivity contribution is 0.719. The molecule has 0 saturated heterocycles. The van der Waals surface area contributed by atoms with Crippen LogP contribution in [0.15, 0.2) is 73.1 Å². The molecular weight excluding hydrogens is 334 g/mol. The Hall–Kier alpha value is -3.18. The molecule has 0 fully saturated rings. The molecule has 4 aromatic rings. The molecule has 0 unspecified atom stereocenters. The first kappa shape index (κ1) is 17.2. The van der Waals surface area contributed by atoms with E-state index in [-0.39, 0.29) is 0 Å². The summed E-state index contributed by atoms with van der Waals surface area (Å²) < 4.78 is 0. The second-order valence-electron chi connectivity index (χ2n) is 6.35. The second-order valence-corrected chi connectivity index (χ2v) is 6.35. The van der Waals surface area contributed by atoms with E-state index in [0.29, 0.717) is 0 Å². The predicted molar refractivity (Wildman–Crippen MR) is 113 cm³/mol. The Bertz CT molecular complexity index is 937. The summed E-state index contributed by atoms with van der Waals surface area (Å²) in [4.78, 5) is 8.79. The van der Waals surface area contributed by atoms with Gasteiger partial charge in [-0.05, 0) is 24.3 Å². The first-order valence-electron chi connectivity index (χ1n) is 9.28. The van der Waals surface area contributed by atoms with Crippen molar-refractivity contribution in [2.45, 2.75) is 0 Å². The van der Waals surface area contributed by atoms with Crippen molar-refractivity contribution in [1.29, 1.82) is 0 Å². The van der Waals surface area contributed by atoms with Crippen molar-refractivity contribution in [2.24, 2.45) is 0 Å². The molecular formula is C22H23N5. The van der Waals surface area contributed by atoms with E-state index in [1.807, 2.05) is 60.9 Å². The number of anilines is 2. The van der Waals surface area contributed by atoms with Gasteiger partial charge in [0.05, 0.1) is 11.0 Å². The molecule has 0 aliphatic carbocycles. The number of hydrogen-bond donors (Lipinski definition) is 3. The number of fused-ring (bicyclic) bond motifs is 2. The van der Waals surface area contributed by atoms with E-state index in [1.165, 1.54) is 0 Å². The molecule has 5 nitrogen and oxygen atoms in total. The highest BCUT2D eigenvalue weighted by Crippen LogP contribution is 2.21. The quantitative estimate of drug-likeness (QED) is 0.418. The average molecular weight is 357 g/mol.